The molecule has 0 atom stereocenters. The second-order valence-electron chi connectivity index (χ2n) is 3.66. The van der Waals surface area contributed by atoms with E-state index in [0.29, 0.717) is 0 Å². The second kappa shape index (κ2) is 9.61. The first kappa shape index (κ1) is 16.6. The first-order chi connectivity index (χ1) is 8.27. The average Bonchev–Trinajstić information content (AvgIpc) is 2.96. The summed E-state index contributed by atoms with van der Waals surface area (Å²) in [6, 6.07) is 0. The SMILES string of the molecule is CC1=[C]([Ti+2][C]2=C(C)C=CC2)CC=C1.C[O-].C[O-]. The molecule has 0 fully saturated rings. The third-order valence-corrected chi connectivity index (χ3v) is 5.44. The number of hydrogen-bond donors (Lipinski definition) is 0. The Labute approximate surface area is 113 Å². The summed E-state index contributed by atoms with van der Waals surface area (Å²) in [5.41, 5.74) is 3.07. The Morgan fingerprint density at radius 3 is 1.41 bits per heavy atom. The van der Waals surface area contributed by atoms with Crippen molar-refractivity contribution in [3.05, 3.63) is 43.2 Å². The van der Waals surface area contributed by atoms with Gasteiger partial charge in [-0.1, -0.05) is 0 Å². The standard InChI is InChI=1S/2C6H7.2CH3O.Ti/c2*1-6-4-2-3-5-6;2*1-2;/h2*2,4H,3H2,1H3;2*1H3;/q;;2*-1;+2. The fourth-order valence-corrected chi connectivity index (χ4v) is 3.84. The predicted molar refractivity (Wildman–Crippen MR) is 64.8 cm³/mol. The zero-order valence-corrected chi connectivity index (χ0v) is 12.6. The van der Waals surface area contributed by atoms with Crippen molar-refractivity contribution >= 4 is 0 Å². The molecule has 0 radical (unpaired) electrons. The van der Waals surface area contributed by atoms with Crippen molar-refractivity contribution in [3.63, 3.8) is 0 Å². The van der Waals surface area contributed by atoms with Gasteiger partial charge in [0.15, 0.2) is 0 Å². The topological polar surface area (TPSA) is 46.1 Å². The molecule has 0 saturated heterocycles. The summed E-state index contributed by atoms with van der Waals surface area (Å²) in [4.78, 5) is 0. The maximum Gasteiger partial charge on any atom is -0.153 e. The summed E-state index contributed by atoms with van der Waals surface area (Å²) < 4.78 is 3.47. The molecule has 2 rings (SSSR count). The van der Waals surface area contributed by atoms with E-state index in [9.17, 15) is 0 Å². The quantitative estimate of drug-likeness (QED) is 0.712. The number of rotatable bonds is 2. The van der Waals surface area contributed by atoms with E-state index in [4.69, 9.17) is 10.2 Å². The summed E-state index contributed by atoms with van der Waals surface area (Å²) in [6.07, 6.45) is 11.6. The summed E-state index contributed by atoms with van der Waals surface area (Å²) in [5, 5.41) is 16.5. The van der Waals surface area contributed by atoms with Crippen LogP contribution in [0, 0.1) is 0 Å². The van der Waals surface area contributed by atoms with Gasteiger partial charge in [-0.25, -0.2) is 0 Å². The van der Waals surface area contributed by atoms with Crippen molar-refractivity contribution in [3.8, 4) is 0 Å². The van der Waals surface area contributed by atoms with Gasteiger partial charge in [-0.15, -0.1) is 0 Å². The summed E-state index contributed by atoms with van der Waals surface area (Å²) >= 11 is 0.0324. The number of hydrogen-bond acceptors (Lipinski definition) is 2. The van der Waals surface area contributed by atoms with Crippen molar-refractivity contribution in [1.29, 1.82) is 0 Å². The zero-order chi connectivity index (χ0) is 13.3. The van der Waals surface area contributed by atoms with E-state index in [1.165, 1.54) is 24.0 Å². The molecule has 0 aliphatic heterocycles. The Kier molecular flexibility index (Phi) is 9.38. The normalized spacial score (nSPS) is 16.4. The van der Waals surface area contributed by atoms with Crippen LogP contribution < -0.4 is 10.2 Å². The van der Waals surface area contributed by atoms with E-state index >= 15 is 0 Å². The summed E-state index contributed by atoms with van der Waals surface area (Å²) in [5.74, 6) is 0. The van der Waals surface area contributed by atoms with Gasteiger partial charge < -0.3 is 10.2 Å². The van der Waals surface area contributed by atoms with Gasteiger partial charge in [-0.2, -0.15) is 14.2 Å². The van der Waals surface area contributed by atoms with Gasteiger partial charge in [0, 0.05) is 0 Å². The van der Waals surface area contributed by atoms with Crippen LogP contribution in [-0.4, -0.2) is 14.2 Å². The van der Waals surface area contributed by atoms with Crippen molar-refractivity contribution in [2.45, 2.75) is 26.7 Å². The maximum absolute atomic E-state index is 8.25. The van der Waals surface area contributed by atoms with Gasteiger partial charge in [-0.05, 0) is 0 Å². The fourth-order valence-electron chi connectivity index (χ4n) is 1.71. The molecule has 0 bridgehead atoms. The molecule has 17 heavy (non-hydrogen) atoms. The van der Waals surface area contributed by atoms with Gasteiger partial charge in [0.05, 0.1) is 0 Å². The molecule has 0 amide bonds. The fraction of sp³-hybridized carbons (Fsp3) is 0.429. The monoisotopic (exact) mass is 268 g/mol. The van der Waals surface area contributed by atoms with Crippen LogP contribution in [0.5, 0.6) is 0 Å². The molecule has 92 valence electrons. The van der Waals surface area contributed by atoms with E-state index < -0.39 is 0 Å². The van der Waals surface area contributed by atoms with Crippen LogP contribution in [0.3, 0.4) is 0 Å². The van der Waals surface area contributed by atoms with Crippen LogP contribution in [-0.2, 0) is 19.2 Å². The van der Waals surface area contributed by atoms with Crippen LogP contribution in [0.15, 0.2) is 43.2 Å². The Bertz CT molecular complexity index is 315. The van der Waals surface area contributed by atoms with Crippen LogP contribution in [0.4, 0.5) is 0 Å². The van der Waals surface area contributed by atoms with Gasteiger partial charge in [0.1, 0.15) is 0 Å². The molecule has 0 aromatic heterocycles. The van der Waals surface area contributed by atoms with Crippen molar-refractivity contribution in [1.82, 2.24) is 0 Å². The Balaban J connectivity index is 0.000000581. The molecule has 0 aromatic carbocycles. The largest absolute Gasteiger partial charge is 0.857 e. The molecule has 0 saturated carbocycles. The molecule has 0 N–H and O–H groups in total. The molecule has 3 heteroatoms. The minimum absolute atomic E-state index is 0.0324. The smallest absolute Gasteiger partial charge is 0.153 e. The molecule has 0 spiro atoms. The van der Waals surface area contributed by atoms with Crippen molar-refractivity contribution in [2.24, 2.45) is 0 Å². The van der Waals surface area contributed by atoms with E-state index in [1.54, 1.807) is 7.76 Å². The first-order valence-corrected chi connectivity index (χ1v) is 7.15. The first-order valence-electron chi connectivity index (χ1n) is 5.58. The van der Waals surface area contributed by atoms with E-state index in [1.807, 2.05) is 0 Å². The molecular formula is C14H20O2Ti. The average molecular weight is 268 g/mol. The molecule has 0 aromatic rings. The molecule has 2 aliphatic carbocycles. The van der Waals surface area contributed by atoms with Gasteiger partial charge in [0.2, 0.25) is 0 Å². The Morgan fingerprint density at radius 1 is 0.824 bits per heavy atom. The minimum Gasteiger partial charge on any atom is -0.857 e. The van der Waals surface area contributed by atoms with Crippen molar-refractivity contribution in [2.75, 3.05) is 14.2 Å². The molecule has 2 nitrogen and oxygen atoms in total. The second-order valence-corrected chi connectivity index (χ2v) is 5.94. The predicted octanol–water partition coefficient (Wildman–Crippen LogP) is 1.49. The Hall–Kier alpha value is -0.406. The maximum atomic E-state index is 8.25. The summed E-state index contributed by atoms with van der Waals surface area (Å²) in [6.45, 7) is 4.50. The van der Waals surface area contributed by atoms with Crippen LogP contribution >= 0.6 is 0 Å². The van der Waals surface area contributed by atoms with Gasteiger partial charge in [-0.3, -0.25) is 0 Å². The molecular weight excluding hydrogens is 248 g/mol. The number of allylic oxidation sites excluding steroid dienone is 8. The van der Waals surface area contributed by atoms with Crippen LogP contribution in [0.25, 0.3) is 0 Å². The van der Waals surface area contributed by atoms with Crippen molar-refractivity contribution < 1.29 is 29.4 Å². The van der Waals surface area contributed by atoms with Gasteiger partial charge >= 0.3 is 89.0 Å². The Morgan fingerprint density at radius 2 is 1.18 bits per heavy atom. The minimum atomic E-state index is 0.0324. The van der Waals surface area contributed by atoms with Crippen LogP contribution in [0.2, 0.25) is 0 Å². The molecule has 2 aliphatic rings. The third kappa shape index (κ3) is 5.18. The van der Waals surface area contributed by atoms with E-state index in [0.717, 1.165) is 14.2 Å². The molecule has 0 heterocycles. The van der Waals surface area contributed by atoms with Gasteiger partial charge in [0.25, 0.3) is 0 Å². The third-order valence-electron chi connectivity index (χ3n) is 2.63. The van der Waals surface area contributed by atoms with E-state index in [2.05, 4.69) is 38.2 Å². The summed E-state index contributed by atoms with van der Waals surface area (Å²) in [7, 11) is 1.50. The zero-order valence-electron chi connectivity index (χ0n) is 11.0. The van der Waals surface area contributed by atoms with Crippen LogP contribution in [0.1, 0.15) is 26.7 Å². The van der Waals surface area contributed by atoms with E-state index in [-0.39, 0.29) is 19.2 Å². The molecule has 0 unspecified atom stereocenters.